The molecule has 0 aliphatic rings. The summed E-state index contributed by atoms with van der Waals surface area (Å²) < 4.78 is 2.26. The fourth-order valence-corrected chi connectivity index (χ4v) is 2.83. The van der Waals surface area contributed by atoms with Crippen LogP contribution < -0.4 is 0 Å². The number of hydrogen-bond donors (Lipinski definition) is 0. The lowest BCUT2D eigenvalue weighted by Gasteiger charge is -2.10. The Hall–Kier alpha value is -2.94. The number of aromatic nitrogens is 3. The van der Waals surface area contributed by atoms with Crippen molar-refractivity contribution in [1.29, 1.82) is 0 Å². The summed E-state index contributed by atoms with van der Waals surface area (Å²) >= 11 is 0. The maximum atomic E-state index is 4.82. The quantitative estimate of drug-likeness (QED) is 0.559. The van der Waals surface area contributed by atoms with Gasteiger partial charge in [-0.3, -0.25) is 4.98 Å². The average Bonchev–Trinajstić information content (AvgIpc) is 2.96. The lowest BCUT2D eigenvalue weighted by Crippen LogP contribution is -2.02. The van der Waals surface area contributed by atoms with Gasteiger partial charge in [0.05, 0.1) is 11.0 Å². The zero-order chi connectivity index (χ0) is 15.6. The standard InChI is InChI=1S/C20H17N3/c1-15-8-10-16(11-9-15)14-23-19-7-3-2-6-18(19)22-20(23)17-5-4-12-21-13-17/h2-13H,14H2,1H3. The third kappa shape index (κ3) is 2.61. The molecule has 0 saturated carbocycles. The van der Waals surface area contributed by atoms with Crippen LogP contribution in [0.5, 0.6) is 0 Å². The molecule has 0 radical (unpaired) electrons. The molecule has 2 heterocycles. The molecule has 3 heteroatoms. The first-order valence-corrected chi connectivity index (χ1v) is 7.72. The second kappa shape index (κ2) is 5.69. The topological polar surface area (TPSA) is 30.7 Å². The number of nitrogens with zero attached hydrogens (tertiary/aromatic N) is 3. The fraction of sp³-hybridized carbons (Fsp3) is 0.100. The van der Waals surface area contributed by atoms with Crippen molar-refractivity contribution in [3.63, 3.8) is 0 Å². The van der Waals surface area contributed by atoms with Crippen LogP contribution >= 0.6 is 0 Å². The summed E-state index contributed by atoms with van der Waals surface area (Å²) in [6, 6.07) is 20.9. The Balaban J connectivity index is 1.87. The zero-order valence-electron chi connectivity index (χ0n) is 13.0. The summed E-state index contributed by atoms with van der Waals surface area (Å²) in [6.07, 6.45) is 3.66. The average molecular weight is 299 g/mol. The molecule has 112 valence electrons. The number of aryl methyl sites for hydroxylation is 1. The molecule has 0 unspecified atom stereocenters. The van der Waals surface area contributed by atoms with Crippen molar-refractivity contribution in [2.45, 2.75) is 13.5 Å². The molecule has 4 aromatic rings. The third-order valence-electron chi connectivity index (χ3n) is 4.04. The van der Waals surface area contributed by atoms with Gasteiger partial charge in [-0.25, -0.2) is 4.98 Å². The molecule has 2 aromatic heterocycles. The van der Waals surface area contributed by atoms with Gasteiger partial charge in [0.2, 0.25) is 0 Å². The van der Waals surface area contributed by atoms with Crippen LogP contribution in [0.3, 0.4) is 0 Å². The fourth-order valence-electron chi connectivity index (χ4n) is 2.83. The number of imidazole rings is 1. The molecule has 0 N–H and O–H groups in total. The van der Waals surface area contributed by atoms with Crippen LogP contribution in [-0.2, 0) is 6.54 Å². The summed E-state index contributed by atoms with van der Waals surface area (Å²) in [4.78, 5) is 9.06. The van der Waals surface area contributed by atoms with E-state index in [4.69, 9.17) is 4.98 Å². The normalized spacial score (nSPS) is 11.0. The molecule has 4 rings (SSSR count). The van der Waals surface area contributed by atoms with Crippen LogP contribution in [0.4, 0.5) is 0 Å². The van der Waals surface area contributed by atoms with E-state index >= 15 is 0 Å². The molecule has 0 bridgehead atoms. The summed E-state index contributed by atoms with van der Waals surface area (Å²) in [6.45, 7) is 2.91. The highest BCUT2D eigenvalue weighted by atomic mass is 15.1. The second-order valence-corrected chi connectivity index (χ2v) is 5.74. The summed E-state index contributed by atoms with van der Waals surface area (Å²) in [5.74, 6) is 0.958. The maximum absolute atomic E-state index is 4.82. The first-order valence-electron chi connectivity index (χ1n) is 7.72. The second-order valence-electron chi connectivity index (χ2n) is 5.74. The molecule has 0 atom stereocenters. The van der Waals surface area contributed by atoms with E-state index in [1.807, 2.05) is 18.3 Å². The largest absolute Gasteiger partial charge is 0.319 e. The molecular formula is C20H17N3. The van der Waals surface area contributed by atoms with Crippen molar-refractivity contribution in [3.05, 3.63) is 84.2 Å². The van der Waals surface area contributed by atoms with Crippen LogP contribution in [0, 0.1) is 6.92 Å². The smallest absolute Gasteiger partial charge is 0.143 e. The number of benzene rings is 2. The van der Waals surface area contributed by atoms with Crippen LogP contribution in [0.2, 0.25) is 0 Å². The van der Waals surface area contributed by atoms with Crippen molar-refractivity contribution in [2.75, 3.05) is 0 Å². The Kier molecular flexibility index (Phi) is 3.39. The summed E-state index contributed by atoms with van der Waals surface area (Å²) in [5.41, 5.74) is 5.74. The molecule has 0 fully saturated rings. The first kappa shape index (κ1) is 13.7. The minimum Gasteiger partial charge on any atom is -0.319 e. The van der Waals surface area contributed by atoms with E-state index in [0.29, 0.717) is 0 Å². The van der Waals surface area contributed by atoms with E-state index in [1.54, 1.807) is 6.20 Å². The van der Waals surface area contributed by atoms with E-state index in [2.05, 4.69) is 65.0 Å². The number of rotatable bonds is 3. The van der Waals surface area contributed by atoms with Crippen LogP contribution in [0.15, 0.2) is 73.1 Å². The number of para-hydroxylation sites is 2. The van der Waals surface area contributed by atoms with Gasteiger partial charge in [0.15, 0.2) is 0 Å². The summed E-state index contributed by atoms with van der Waals surface area (Å²) in [7, 11) is 0. The van der Waals surface area contributed by atoms with Crippen molar-refractivity contribution in [1.82, 2.24) is 14.5 Å². The Morgan fingerprint density at radius 1 is 0.913 bits per heavy atom. The molecule has 0 amide bonds. The molecular weight excluding hydrogens is 282 g/mol. The van der Waals surface area contributed by atoms with E-state index in [1.165, 1.54) is 11.1 Å². The molecule has 23 heavy (non-hydrogen) atoms. The van der Waals surface area contributed by atoms with E-state index in [0.717, 1.165) is 29.0 Å². The Morgan fingerprint density at radius 2 is 1.74 bits per heavy atom. The van der Waals surface area contributed by atoms with E-state index in [-0.39, 0.29) is 0 Å². The first-order chi connectivity index (χ1) is 11.3. The molecule has 0 aliphatic carbocycles. The monoisotopic (exact) mass is 299 g/mol. The number of pyridine rings is 1. The van der Waals surface area contributed by atoms with Gasteiger partial charge >= 0.3 is 0 Å². The van der Waals surface area contributed by atoms with Gasteiger partial charge < -0.3 is 4.57 Å². The molecule has 0 aliphatic heterocycles. The SMILES string of the molecule is Cc1ccc(Cn2c(-c3cccnc3)nc3ccccc32)cc1. The number of hydrogen-bond acceptors (Lipinski definition) is 2. The van der Waals surface area contributed by atoms with E-state index < -0.39 is 0 Å². The van der Waals surface area contributed by atoms with E-state index in [9.17, 15) is 0 Å². The van der Waals surface area contributed by atoms with Crippen molar-refractivity contribution in [2.24, 2.45) is 0 Å². The minimum absolute atomic E-state index is 0.797. The van der Waals surface area contributed by atoms with Gasteiger partial charge in [0, 0.05) is 24.5 Å². The predicted molar refractivity (Wildman–Crippen MR) is 93.2 cm³/mol. The molecule has 3 nitrogen and oxygen atoms in total. The molecule has 0 saturated heterocycles. The maximum Gasteiger partial charge on any atom is 0.143 e. The van der Waals surface area contributed by atoms with Gasteiger partial charge in [-0.05, 0) is 36.8 Å². The molecule has 2 aromatic carbocycles. The van der Waals surface area contributed by atoms with Crippen molar-refractivity contribution in [3.8, 4) is 11.4 Å². The van der Waals surface area contributed by atoms with Crippen molar-refractivity contribution >= 4 is 11.0 Å². The Labute approximate surface area is 135 Å². The van der Waals surface area contributed by atoms with Crippen LogP contribution in [0.25, 0.3) is 22.4 Å². The zero-order valence-corrected chi connectivity index (χ0v) is 13.0. The highest BCUT2D eigenvalue weighted by molar-refractivity contribution is 5.80. The lowest BCUT2D eigenvalue weighted by atomic mass is 10.1. The number of fused-ring (bicyclic) bond motifs is 1. The Bertz CT molecular complexity index is 938. The van der Waals surface area contributed by atoms with Gasteiger partial charge in [-0.1, -0.05) is 42.0 Å². The highest BCUT2D eigenvalue weighted by Gasteiger charge is 2.12. The lowest BCUT2D eigenvalue weighted by molar-refractivity contribution is 0.833. The van der Waals surface area contributed by atoms with Gasteiger partial charge in [0.1, 0.15) is 5.82 Å². The minimum atomic E-state index is 0.797. The molecule has 0 spiro atoms. The van der Waals surface area contributed by atoms with Gasteiger partial charge in [0.25, 0.3) is 0 Å². The van der Waals surface area contributed by atoms with Crippen molar-refractivity contribution < 1.29 is 0 Å². The third-order valence-corrected chi connectivity index (χ3v) is 4.04. The van der Waals surface area contributed by atoms with Gasteiger partial charge in [-0.2, -0.15) is 0 Å². The van der Waals surface area contributed by atoms with Gasteiger partial charge in [-0.15, -0.1) is 0 Å². The predicted octanol–water partition coefficient (Wildman–Crippen LogP) is 4.46. The highest BCUT2D eigenvalue weighted by Crippen LogP contribution is 2.25. The summed E-state index contributed by atoms with van der Waals surface area (Å²) in [5, 5.41) is 0. The van der Waals surface area contributed by atoms with Crippen LogP contribution in [-0.4, -0.2) is 14.5 Å². The Morgan fingerprint density at radius 3 is 2.52 bits per heavy atom. The van der Waals surface area contributed by atoms with Crippen LogP contribution in [0.1, 0.15) is 11.1 Å².